The lowest BCUT2D eigenvalue weighted by molar-refractivity contribution is -0.139. The molecule has 3 aromatic heterocycles. The molecule has 0 unspecified atom stereocenters. The van der Waals surface area contributed by atoms with Crippen LogP contribution in [0.5, 0.6) is 0 Å². The first kappa shape index (κ1) is 23.1. The Morgan fingerprint density at radius 3 is 2.78 bits per heavy atom. The first-order valence-corrected chi connectivity index (χ1v) is 12.6. The predicted octanol–water partition coefficient (Wildman–Crippen LogP) is 4.06. The molecule has 1 saturated heterocycles. The van der Waals surface area contributed by atoms with Gasteiger partial charge in [-0.15, -0.1) is 11.3 Å². The molecule has 5 heterocycles. The van der Waals surface area contributed by atoms with Gasteiger partial charge in [-0.1, -0.05) is 23.7 Å². The smallest absolute Gasteiger partial charge is 0.256 e. The third-order valence-electron chi connectivity index (χ3n) is 6.81. The van der Waals surface area contributed by atoms with Gasteiger partial charge in [0.25, 0.3) is 5.91 Å². The summed E-state index contributed by atoms with van der Waals surface area (Å²) >= 11 is 7.78. The Balaban J connectivity index is 1.39. The number of fused-ring (bicyclic) bond motifs is 2. The second kappa shape index (κ2) is 8.67. The molecular formula is C25H23ClN6O3S. The van der Waals surface area contributed by atoms with Gasteiger partial charge in [0, 0.05) is 29.2 Å². The van der Waals surface area contributed by atoms with Crippen molar-refractivity contribution in [3.05, 3.63) is 75.4 Å². The van der Waals surface area contributed by atoms with Crippen LogP contribution in [-0.4, -0.2) is 55.5 Å². The van der Waals surface area contributed by atoms with Crippen LogP contribution in [0, 0.1) is 6.92 Å². The number of carbonyl (C=O) groups is 1. The van der Waals surface area contributed by atoms with Gasteiger partial charge in [-0.3, -0.25) is 9.48 Å². The minimum atomic E-state index is -0.626. The average Bonchev–Trinajstić information content (AvgIpc) is 3.48. The van der Waals surface area contributed by atoms with E-state index in [1.54, 1.807) is 45.4 Å². The Morgan fingerprint density at radius 2 is 2.11 bits per heavy atom. The predicted molar refractivity (Wildman–Crippen MR) is 137 cm³/mol. The Kier molecular flexibility index (Phi) is 5.56. The summed E-state index contributed by atoms with van der Waals surface area (Å²) in [6.07, 6.45) is 3.39. The van der Waals surface area contributed by atoms with E-state index in [9.17, 15) is 9.90 Å². The van der Waals surface area contributed by atoms with E-state index in [4.69, 9.17) is 21.3 Å². The van der Waals surface area contributed by atoms with Crippen molar-refractivity contribution in [2.24, 2.45) is 7.05 Å². The lowest BCUT2D eigenvalue weighted by atomic mass is 9.92. The normalized spacial score (nSPS) is 16.8. The standard InChI is InChI=1S/C25H23ClN6O3S/c1-14-20-22(36-21(14)17-6-8-27-24(29-17)30-19-7-9-28-31(19)2)25(12-35-13-25)32(23(20)34)18(11-33)15-4-3-5-16(26)10-15/h3-10,18,33H,11-13H2,1-2H3,(H,27,29,30)/t18-/m1/s1. The lowest BCUT2D eigenvalue weighted by Crippen LogP contribution is -2.58. The number of aromatic nitrogens is 4. The van der Waals surface area contributed by atoms with Gasteiger partial charge in [-0.2, -0.15) is 5.10 Å². The van der Waals surface area contributed by atoms with E-state index in [2.05, 4.69) is 15.4 Å². The topological polar surface area (TPSA) is 105 Å². The largest absolute Gasteiger partial charge is 0.394 e. The highest BCUT2D eigenvalue weighted by molar-refractivity contribution is 7.16. The molecular weight excluding hydrogens is 500 g/mol. The van der Waals surface area contributed by atoms with Gasteiger partial charge in [0.2, 0.25) is 5.95 Å². The molecule has 1 atom stereocenters. The highest BCUT2D eigenvalue weighted by Crippen LogP contribution is 2.54. The number of carbonyl (C=O) groups excluding carboxylic acids is 1. The van der Waals surface area contributed by atoms with Crippen LogP contribution >= 0.6 is 22.9 Å². The Morgan fingerprint density at radius 1 is 1.28 bits per heavy atom. The Hall–Kier alpha value is -3.31. The van der Waals surface area contributed by atoms with Crippen LogP contribution in [0.2, 0.25) is 5.02 Å². The monoisotopic (exact) mass is 522 g/mol. The van der Waals surface area contributed by atoms with E-state index < -0.39 is 11.6 Å². The summed E-state index contributed by atoms with van der Waals surface area (Å²) < 4.78 is 7.36. The molecule has 0 bridgehead atoms. The van der Waals surface area contributed by atoms with Crippen LogP contribution in [0.4, 0.5) is 11.8 Å². The molecule has 1 fully saturated rings. The van der Waals surface area contributed by atoms with Gasteiger partial charge >= 0.3 is 0 Å². The van der Waals surface area contributed by atoms with Crippen molar-refractivity contribution in [2.45, 2.75) is 18.5 Å². The van der Waals surface area contributed by atoms with Gasteiger partial charge in [-0.05, 0) is 36.2 Å². The van der Waals surface area contributed by atoms with Crippen molar-refractivity contribution in [2.75, 3.05) is 25.1 Å². The molecule has 2 aliphatic rings. The summed E-state index contributed by atoms with van der Waals surface area (Å²) in [5.74, 6) is 1.10. The van der Waals surface area contributed by atoms with Crippen LogP contribution < -0.4 is 5.32 Å². The van der Waals surface area contributed by atoms with E-state index in [-0.39, 0.29) is 12.5 Å². The number of nitrogens with one attached hydrogen (secondary N) is 1. The van der Waals surface area contributed by atoms with E-state index in [0.717, 1.165) is 32.4 Å². The number of nitrogens with zero attached hydrogens (tertiary/aromatic N) is 5. The summed E-state index contributed by atoms with van der Waals surface area (Å²) in [5.41, 5.74) is 2.42. The minimum Gasteiger partial charge on any atom is -0.394 e. The highest BCUT2D eigenvalue weighted by Gasteiger charge is 2.59. The van der Waals surface area contributed by atoms with Crippen molar-refractivity contribution in [1.82, 2.24) is 24.6 Å². The maximum absolute atomic E-state index is 13.9. The quantitative estimate of drug-likeness (QED) is 0.393. The molecule has 9 nitrogen and oxygen atoms in total. The number of benzene rings is 1. The molecule has 4 aromatic rings. The van der Waals surface area contributed by atoms with Crippen LogP contribution in [0.3, 0.4) is 0 Å². The minimum absolute atomic E-state index is 0.116. The first-order valence-electron chi connectivity index (χ1n) is 11.4. The second-order valence-corrected chi connectivity index (χ2v) is 10.4. The fourth-order valence-corrected chi connectivity index (χ4v) is 6.60. The summed E-state index contributed by atoms with van der Waals surface area (Å²) in [6.45, 7) is 2.48. The number of aliphatic hydroxyl groups is 1. The number of halogens is 1. The molecule has 36 heavy (non-hydrogen) atoms. The highest BCUT2D eigenvalue weighted by atomic mass is 35.5. The van der Waals surface area contributed by atoms with E-state index in [0.29, 0.717) is 29.7 Å². The van der Waals surface area contributed by atoms with Crippen LogP contribution in [0.1, 0.15) is 32.4 Å². The fourth-order valence-electron chi connectivity index (χ4n) is 4.98. The molecule has 6 rings (SSSR count). The van der Waals surface area contributed by atoms with Crippen molar-refractivity contribution in [3.63, 3.8) is 0 Å². The molecule has 1 spiro atoms. The third-order valence-corrected chi connectivity index (χ3v) is 8.55. The number of aryl methyl sites for hydroxylation is 1. The van der Waals surface area contributed by atoms with Crippen molar-refractivity contribution in [3.8, 4) is 10.6 Å². The van der Waals surface area contributed by atoms with Crippen LogP contribution in [-0.2, 0) is 17.3 Å². The first-order chi connectivity index (χ1) is 17.4. The lowest BCUT2D eigenvalue weighted by Gasteiger charge is -2.48. The molecule has 2 aliphatic heterocycles. The van der Waals surface area contributed by atoms with Gasteiger partial charge in [0.1, 0.15) is 11.4 Å². The summed E-state index contributed by atoms with van der Waals surface area (Å²) in [6, 6.07) is 10.4. The van der Waals surface area contributed by atoms with Crippen LogP contribution in [0.15, 0.2) is 48.8 Å². The summed E-state index contributed by atoms with van der Waals surface area (Å²) in [7, 11) is 1.83. The van der Waals surface area contributed by atoms with Gasteiger partial charge < -0.3 is 20.1 Å². The van der Waals surface area contributed by atoms with E-state index in [1.807, 2.05) is 38.2 Å². The maximum Gasteiger partial charge on any atom is 0.256 e. The van der Waals surface area contributed by atoms with Gasteiger partial charge in [0.05, 0.1) is 48.2 Å². The molecule has 0 saturated carbocycles. The number of hydrogen-bond acceptors (Lipinski definition) is 8. The van der Waals surface area contributed by atoms with E-state index >= 15 is 0 Å². The SMILES string of the molecule is Cc1c(-c2ccnc(Nc3ccnn3C)n2)sc2c1C(=O)N([C@H](CO)c1cccc(Cl)c1)C21COC1. The van der Waals surface area contributed by atoms with E-state index in [1.165, 1.54) is 0 Å². The number of amides is 1. The summed E-state index contributed by atoms with van der Waals surface area (Å²) in [5, 5.41) is 18.3. The third kappa shape index (κ3) is 3.44. The fraction of sp³-hybridized carbons (Fsp3) is 0.280. The molecule has 1 aromatic carbocycles. The molecule has 184 valence electrons. The number of hydrogen-bond donors (Lipinski definition) is 2. The molecule has 11 heteroatoms. The zero-order valence-corrected chi connectivity index (χ0v) is 21.2. The number of thiophene rings is 1. The van der Waals surface area contributed by atoms with Crippen molar-refractivity contribution < 1.29 is 14.6 Å². The zero-order chi connectivity index (χ0) is 25.0. The van der Waals surface area contributed by atoms with Crippen LogP contribution in [0.25, 0.3) is 10.6 Å². The molecule has 0 aliphatic carbocycles. The van der Waals surface area contributed by atoms with Crippen molar-refractivity contribution >= 4 is 40.6 Å². The molecule has 2 N–H and O–H groups in total. The number of rotatable bonds is 6. The molecule has 1 amide bonds. The number of ether oxygens (including phenoxy) is 1. The van der Waals surface area contributed by atoms with Gasteiger partial charge in [0.15, 0.2) is 0 Å². The van der Waals surface area contributed by atoms with Gasteiger partial charge in [-0.25, -0.2) is 9.97 Å². The van der Waals surface area contributed by atoms with Crippen molar-refractivity contribution in [1.29, 1.82) is 0 Å². The molecule has 0 radical (unpaired) electrons. The number of aliphatic hydroxyl groups excluding tert-OH is 1. The summed E-state index contributed by atoms with van der Waals surface area (Å²) in [4.78, 5) is 26.6. The Bertz CT molecular complexity index is 1480. The number of anilines is 2. The zero-order valence-electron chi connectivity index (χ0n) is 19.6. The average molecular weight is 523 g/mol. The Labute approximate surface area is 216 Å². The maximum atomic E-state index is 13.9. The second-order valence-electron chi connectivity index (χ2n) is 8.94.